The second kappa shape index (κ2) is 4.78. The molecular formula is C12H12F3NO3S. The van der Waals surface area contributed by atoms with Crippen LogP contribution in [0.5, 0.6) is 0 Å². The molecule has 0 radical (unpaired) electrons. The topological polar surface area (TPSA) is 55.4 Å². The summed E-state index contributed by atoms with van der Waals surface area (Å²) in [5.41, 5.74) is -2.46. The number of halogens is 3. The molecule has 1 aromatic rings. The van der Waals surface area contributed by atoms with E-state index in [0.29, 0.717) is 12.1 Å². The van der Waals surface area contributed by atoms with Crippen LogP contribution in [0.15, 0.2) is 29.3 Å². The summed E-state index contributed by atoms with van der Waals surface area (Å²) in [6.07, 6.45) is 1.16. The van der Waals surface area contributed by atoms with Gasteiger partial charge in [-0.05, 0) is 38.1 Å². The molecule has 4 nitrogen and oxygen atoms in total. The summed E-state index contributed by atoms with van der Waals surface area (Å²) in [5, 5.41) is -0.515. The minimum absolute atomic E-state index is 0.513. The fourth-order valence-corrected chi connectivity index (χ4v) is 3.01. The maximum atomic E-state index is 14.1. The second-order valence-electron chi connectivity index (χ2n) is 4.84. The Bertz CT molecular complexity index is 671. The number of hydroxylamine groups is 1. The first-order valence-electron chi connectivity index (χ1n) is 5.63. The van der Waals surface area contributed by atoms with Gasteiger partial charge in [0.1, 0.15) is 17.2 Å². The Labute approximate surface area is 114 Å². The van der Waals surface area contributed by atoms with E-state index in [9.17, 15) is 21.6 Å². The Balaban J connectivity index is 2.42. The lowest BCUT2D eigenvalue weighted by atomic mass is 10.1. The third kappa shape index (κ3) is 2.66. The molecule has 8 heteroatoms. The molecule has 1 atom stereocenters. The fraction of sp³-hybridized carbons (Fsp3) is 0.333. The molecule has 110 valence electrons. The smallest absolute Gasteiger partial charge is 0.234 e. The van der Waals surface area contributed by atoms with Gasteiger partial charge in [0.25, 0.3) is 0 Å². The molecule has 0 amide bonds. The lowest BCUT2D eigenvalue weighted by Crippen LogP contribution is -2.23. The SMILES string of the molecule is CC1(C)C=C(S(=O)(=O)C(F)c2cc(F)ccc2F)NO1. The summed E-state index contributed by atoms with van der Waals surface area (Å²) < 4.78 is 64.6. The fourth-order valence-electron chi connectivity index (χ4n) is 1.66. The summed E-state index contributed by atoms with van der Waals surface area (Å²) in [6, 6.07) is 1.96. The Kier molecular flexibility index (Phi) is 3.55. The third-order valence-corrected chi connectivity index (χ3v) is 4.29. The number of hydrogen-bond donors (Lipinski definition) is 1. The second-order valence-corrected chi connectivity index (χ2v) is 6.79. The lowest BCUT2D eigenvalue weighted by molar-refractivity contribution is -0.0130. The first kappa shape index (κ1) is 14.9. The standard InChI is InChI=1S/C12H12F3NO3S/c1-12(2)6-10(16-19-12)20(17,18)11(15)8-5-7(13)3-4-9(8)14/h3-6,11,16H,1-2H3. The van der Waals surface area contributed by atoms with Crippen LogP contribution in [-0.2, 0) is 14.7 Å². The van der Waals surface area contributed by atoms with Crippen LogP contribution >= 0.6 is 0 Å². The molecule has 20 heavy (non-hydrogen) atoms. The van der Waals surface area contributed by atoms with Gasteiger partial charge >= 0.3 is 0 Å². The molecule has 0 aromatic heterocycles. The summed E-state index contributed by atoms with van der Waals surface area (Å²) in [5.74, 6) is -2.06. The zero-order valence-corrected chi connectivity index (χ0v) is 11.5. The number of rotatable bonds is 3. The zero-order valence-electron chi connectivity index (χ0n) is 10.7. The van der Waals surface area contributed by atoms with Gasteiger partial charge in [0.05, 0.1) is 0 Å². The highest BCUT2D eigenvalue weighted by Crippen LogP contribution is 2.33. The quantitative estimate of drug-likeness (QED) is 0.932. The van der Waals surface area contributed by atoms with E-state index in [-0.39, 0.29) is 0 Å². The van der Waals surface area contributed by atoms with Gasteiger partial charge in [0.15, 0.2) is 5.03 Å². The average molecular weight is 307 g/mol. The van der Waals surface area contributed by atoms with E-state index >= 15 is 0 Å². The highest BCUT2D eigenvalue weighted by molar-refractivity contribution is 7.95. The largest absolute Gasteiger partial charge is 0.265 e. The highest BCUT2D eigenvalue weighted by atomic mass is 32.2. The zero-order chi connectivity index (χ0) is 15.1. The maximum absolute atomic E-state index is 14.1. The molecule has 0 spiro atoms. The first-order chi connectivity index (χ1) is 9.13. The monoisotopic (exact) mass is 307 g/mol. The predicted octanol–water partition coefficient (Wildman–Crippen LogP) is 2.50. The normalized spacial score (nSPS) is 19.4. The molecule has 0 fully saturated rings. The summed E-state index contributed by atoms with van der Waals surface area (Å²) >= 11 is 0. The molecule has 1 aliphatic heterocycles. The molecule has 0 saturated heterocycles. The van der Waals surface area contributed by atoms with Crippen molar-refractivity contribution in [3.8, 4) is 0 Å². The van der Waals surface area contributed by atoms with Crippen molar-refractivity contribution in [1.82, 2.24) is 5.48 Å². The van der Waals surface area contributed by atoms with Gasteiger partial charge in [0, 0.05) is 5.56 Å². The van der Waals surface area contributed by atoms with Crippen LogP contribution in [0.2, 0.25) is 0 Å². The van der Waals surface area contributed by atoms with Gasteiger partial charge in [-0.1, -0.05) is 0 Å². The molecule has 1 unspecified atom stereocenters. The average Bonchev–Trinajstić information content (AvgIpc) is 2.72. The predicted molar refractivity (Wildman–Crippen MR) is 65.5 cm³/mol. The van der Waals surface area contributed by atoms with E-state index in [1.54, 1.807) is 13.8 Å². The van der Waals surface area contributed by atoms with Crippen molar-refractivity contribution in [3.63, 3.8) is 0 Å². The minimum Gasteiger partial charge on any atom is -0.265 e. The van der Waals surface area contributed by atoms with Crippen LogP contribution in [0.3, 0.4) is 0 Å². The lowest BCUT2D eigenvalue weighted by Gasteiger charge is -2.12. The van der Waals surface area contributed by atoms with Crippen LogP contribution in [0.1, 0.15) is 24.9 Å². The van der Waals surface area contributed by atoms with Gasteiger partial charge in [-0.3, -0.25) is 10.3 Å². The van der Waals surface area contributed by atoms with Crippen LogP contribution in [0, 0.1) is 11.6 Å². The van der Waals surface area contributed by atoms with Crippen molar-refractivity contribution < 1.29 is 26.4 Å². The molecule has 1 aliphatic rings. The minimum atomic E-state index is -4.55. The van der Waals surface area contributed by atoms with E-state index in [2.05, 4.69) is 5.48 Å². The number of alkyl halides is 1. The third-order valence-electron chi connectivity index (χ3n) is 2.67. The highest BCUT2D eigenvalue weighted by Gasteiger charge is 2.38. The van der Waals surface area contributed by atoms with E-state index < -0.39 is 43.2 Å². The Morgan fingerprint density at radius 3 is 2.50 bits per heavy atom. The number of nitrogens with one attached hydrogen (secondary N) is 1. The molecule has 1 heterocycles. The molecule has 2 rings (SSSR count). The molecule has 1 aromatic carbocycles. The number of sulfone groups is 1. The van der Waals surface area contributed by atoms with Crippen molar-refractivity contribution >= 4 is 9.84 Å². The Hall–Kier alpha value is -1.54. The van der Waals surface area contributed by atoms with Crippen molar-refractivity contribution in [3.05, 3.63) is 46.5 Å². The van der Waals surface area contributed by atoms with E-state index in [1.807, 2.05) is 0 Å². The van der Waals surface area contributed by atoms with Gasteiger partial charge < -0.3 is 0 Å². The van der Waals surface area contributed by atoms with Gasteiger partial charge in [-0.25, -0.2) is 21.6 Å². The van der Waals surface area contributed by atoms with Gasteiger partial charge in [-0.15, -0.1) is 0 Å². The van der Waals surface area contributed by atoms with Crippen molar-refractivity contribution in [2.24, 2.45) is 0 Å². The van der Waals surface area contributed by atoms with E-state index in [0.717, 1.165) is 12.1 Å². The Morgan fingerprint density at radius 2 is 1.95 bits per heavy atom. The maximum Gasteiger partial charge on any atom is 0.234 e. The van der Waals surface area contributed by atoms with Crippen LogP contribution in [0.25, 0.3) is 0 Å². The van der Waals surface area contributed by atoms with Gasteiger partial charge in [-0.2, -0.15) is 0 Å². The van der Waals surface area contributed by atoms with Crippen LogP contribution < -0.4 is 5.48 Å². The number of benzene rings is 1. The summed E-state index contributed by atoms with van der Waals surface area (Å²) in [4.78, 5) is 4.92. The van der Waals surface area contributed by atoms with Crippen LogP contribution in [0.4, 0.5) is 13.2 Å². The van der Waals surface area contributed by atoms with Crippen molar-refractivity contribution in [2.75, 3.05) is 0 Å². The Morgan fingerprint density at radius 1 is 1.30 bits per heavy atom. The summed E-state index contributed by atoms with van der Waals surface area (Å²) in [7, 11) is -4.55. The van der Waals surface area contributed by atoms with Crippen molar-refractivity contribution in [2.45, 2.75) is 25.0 Å². The number of hydrogen-bond acceptors (Lipinski definition) is 4. The molecule has 0 aliphatic carbocycles. The summed E-state index contributed by atoms with van der Waals surface area (Å²) in [6.45, 7) is 3.11. The van der Waals surface area contributed by atoms with E-state index in [4.69, 9.17) is 4.84 Å². The first-order valence-corrected chi connectivity index (χ1v) is 7.18. The molecule has 0 bridgehead atoms. The van der Waals surface area contributed by atoms with E-state index in [1.165, 1.54) is 0 Å². The van der Waals surface area contributed by atoms with Gasteiger partial charge in [0.2, 0.25) is 15.3 Å². The van der Waals surface area contributed by atoms with Crippen molar-refractivity contribution in [1.29, 1.82) is 0 Å². The van der Waals surface area contributed by atoms with Crippen LogP contribution in [-0.4, -0.2) is 14.0 Å². The molecule has 1 N–H and O–H groups in total. The molecular weight excluding hydrogens is 295 g/mol. The molecule has 0 saturated carbocycles.